The average Bonchev–Trinajstić information content (AvgIpc) is 2.48. The maximum absolute atomic E-state index is 11.3. The molecule has 0 bridgehead atoms. The van der Waals surface area contributed by atoms with Gasteiger partial charge in [0.25, 0.3) is 0 Å². The van der Waals surface area contributed by atoms with E-state index < -0.39 is 0 Å². The van der Waals surface area contributed by atoms with Gasteiger partial charge in [-0.25, -0.2) is 4.79 Å². The quantitative estimate of drug-likeness (QED) is 0.825. The highest BCUT2D eigenvalue weighted by molar-refractivity contribution is 5.89. The van der Waals surface area contributed by atoms with Crippen LogP contribution in [0.15, 0.2) is 24.3 Å². The highest BCUT2D eigenvalue weighted by Crippen LogP contribution is 2.13. The molecule has 0 aliphatic carbocycles. The molecule has 0 atom stereocenters. The Bertz CT molecular complexity index is 396. The minimum Gasteiger partial charge on any atom is -0.465 e. The number of methoxy groups -OCH3 is 1. The molecule has 1 aromatic carbocycles. The third-order valence-corrected chi connectivity index (χ3v) is 3.46. The first kappa shape index (κ1) is 14.0. The molecule has 1 aliphatic heterocycles. The highest BCUT2D eigenvalue weighted by atomic mass is 16.5. The van der Waals surface area contributed by atoms with Crippen molar-refractivity contribution in [1.29, 1.82) is 0 Å². The number of piperidine rings is 1. The van der Waals surface area contributed by atoms with Crippen LogP contribution < -0.4 is 5.32 Å². The van der Waals surface area contributed by atoms with Crippen molar-refractivity contribution in [3.8, 4) is 0 Å². The molecule has 2 rings (SSSR count). The Balaban J connectivity index is 1.75. The van der Waals surface area contributed by atoms with E-state index in [2.05, 4.69) is 10.1 Å². The maximum Gasteiger partial charge on any atom is 0.337 e. The van der Waals surface area contributed by atoms with Gasteiger partial charge in [0, 0.05) is 6.61 Å². The van der Waals surface area contributed by atoms with Crippen molar-refractivity contribution in [1.82, 2.24) is 5.32 Å². The molecule has 104 valence electrons. The second-order valence-electron chi connectivity index (χ2n) is 4.90. The lowest BCUT2D eigenvalue weighted by atomic mass is 9.99. The number of nitrogens with one attached hydrogen (secondary N) is 1. The molecule has 1 heterocycles. The van der Waals surface area contributed by atoms with E-state index in [1.807, 2.05) is 12.1 Å². The third kappa shape index (κ3) is 4.33. The molecule has 0 amide bonds. The Hall–Kier alpha value is -1.39. The van der Waals surface area contributed by atoms with Crippen LogP contribution in [0, 0.1) is 5.92 Å². The van der Waals surface area contributed by atoms with Crippen LogP contribution in [0.25, 0.3) is 0 Å². The molecule has 0 unspecified atom stereocenters. The van der Waals surface area contributed by atoms with Crippen LogP contribution in [-0.4, -0.2) is 32.8 Å². The third-order valence-electron chi connectivity index (χ3n) is 3.46. The molecule has 1 saturated heterocycles. The summed E-state index contributed by atoms with van der Waals surface area (Å²) in [7, 11) is 1.39. The second-order valence-corrected chi connectivity index (χ2v) is 4.90. The van der Waals surface area contributed by atoms with Crippen LogP contribution >= 0.6 is 0 Å². The summed E-state index contributed by atoms with van der Waals surface area (Å²) >= 11 is 0. The summed E-state index contributed by atoms with van der Waals surface area (Å²) in [6.45, 7) is 3.62. The van der Waals surface area contributed by atoms with Gasteiger partial charge in [-0.15, -0.1) is 0 Å². The zero-order valence-corrected chi connectivity index (χ0v) is 11.4. The molecular formula is C15H21NO3. The molecule has 1 aliphatic rings. The first-order chi connectivity index (χ1) is 9.29. The summed E-state index contributed by atoms with van der Waals surface area (Å²) in [5.41, 5.74) is 1.66. The predicted octanol–water partition coefficient (Wildman–Crippen LogP) is 1.99. The maximum atomic E-state index is 11.3. The van der Waals surface area contributed by atoms with E-state index in [0.717, 1.165) is 25.3 Å². The van der Waals surface area contributed by atoms with Gasteiger partial charge >= 0.3 is 5.97 Å². The second kappa shape index (κ2) is 7.26. The van der Waals surface area contributed by atoms with Crippen molar-refractivity contribution in [2.24, 2.45) is 5.92 Å². The summed E-state index contributed by atoms with van der Waals surface area (Å²) in [6.07, 6.45) is 2.39. The van der Waals surface area contributed by atoms with Crippen LogP contribution in [0.2, 0.25) is 0 Å². The minimum absolute atomic E-state index is 0.304. The molecule has 0 radical (unpaired) electrons. The van der Waals surface area contributed by atoms with E-state index in [1.54, 1.807) is 12.1 Å². The summed E-state index contributed by atoms with van der Waals surface area (Å²) in [5, 5.41) is 3.35. The van der Waals surface area contributed by atoms with Gasteiger partial charge in [-0.3, -0.25) is 0 Å². The molecule has 0 saturated carbocycles. The normalized spacial score (nSPS) is 16.3. The minimum atomic E-state index is -0.304. The van der Waals surface area contributed by atoms with E-state index in [4.69, 9.17) is 4.74 Å². The monoisotopic (exact) mass is 263 g/mol. The summed E-state index contributed by atoms with van der Waals surface area (Å²) in [6, 6.07) is 7.37. The van der Waals surface area contributed by atoms with Crippen molar-refractivity contribution >= 4 is 5.97 Å². The van der Waals surface area contributed by atoms with Crippen molar-refractivity contribution in [2.75, 3.05) is 26.8 Å². The molecule has 0 aromatic heterocycles. The summed E-state index contributed by atoms with van der Waals surface area (Å²) in [5.74, 6) is 0.373. The molecule has 1 N–H and O–H groups in total. The lowest BCUT2D eigenvalue weighted by molar-refractivity contribution is 0.0600. The Kier molecular flexibility index (Phi) is 5.36. The summed E-state index contributed by atoms with van der Waals surface area (Å²) < 4.78 is 10.4. The van der Waals surface area contributed by atoms with Gasteiger partial charge in [-0.1, -0.05) is 12.1 Å². The van der Waals surface area contributed by atoms with Crippen molar-refractivity contribution in [2.45, 2.75) is 19.4 Å². The zero-order chi connectivity index (χ0) is 13.5. The molecule has 1 fully saturated rings. The van der Waals surface area contributed by atoms with Crippen LogP contribution in [-0.2, 0) is 16.1 Å². The number of hydrogen-bond donors (Lipinski definition) is 1. The Morgan fingerprint density at radius 1 is 1.26 bits per heavy atom. The molecule has 0 spiro atoms. The Labute approximate surface area is 114 Å². The fourth-order valence-electron chi connectivity index (χ4n) is 2.25. The smallest absolute Gasteiger partial charge is 0.337 e. The van der Waals surface area contributed by atoms with Crippen molar-refractivity contribution < 1.29 is 14.3 Å². The number of rotatable bonds is 5. The van der Waals surface area contributed by atoms with Gasteiger partial charge < -0.3 is 14.8 Å². The van der Waals surface area contributed by atoms with E-state index in [-0.39, 0.29) is 5.97 Å². The molecule has 19 heavy (non-hydrogen) atoms. The number of hydrogen-bond acceptors (Lipinski definition) is 4. The highest BCUT2D eigenvalue weighted by Gasteiger charge is 2.12. The molecule has 4 heteroatoms. The van der Waals surface area contributed by atoms with Crippen LogP contribution in [0.1, 0.15) is 28.8 Å². The van der Waals surface area contributed by atoms with E-state index in [0.29, 0.717) is 18.1 Å². The van der Waals surface area contributed by atoms with Gasteiger partial charge in [0.05, 0.1) is 19.3 Å². The standard InChI is InChI=1S/C15H21NO3/c1-18-15(17)14-4-2-12(3-5-14)10-19-11-13-6-8-16-9-7-13/h2-5,13,16H,6-11H2,1H3. The van der Waals surface area contributed by atoms with Gasteiger partial charge in [0.2, 0.25) is 0 Å². The van der Waals surface area contributed by atoms with Crippen LogP contribution in [0.4, 0.5) is 0 Å². The molecule has 1 aromatic rings. The van der Waals surface area contributed by atoms with Gasteiger partial charge in [-0.2, -0.15) is 0 Å². The molecule has 4 nitrogen and oxygen atoms in total. The number of benzene rings is 1. The van der Waals surface area contributed by atoms with Crippen molar-refractivity contribution in [3.63, 3.8) is 0 Å². The van der Waals surface area contributed by atoms with Crippen LogP contribution in [0.3, 0.4) is 0 Å². The van der Waals surface area contributed by atoms with Crippen molar-refractivity contribution in [3.05, 3.63) is 35.4 Å². The lowest BCUT2D eigenvalue weighted by Crippen LogP contribution is -2.29. The number of carbonyl (C=O) groups is 1. The van der Waals surface area contributed by atoms with Gasteiger partial charge in [0.15, 0.2) is 0 Å². The largest absolute Gasteiger partial charge is 0.465 e. The number of ether oxygens (including phenoxy) is 2. The van der Waals surface area contributed by atoms with E-state index in [9.17, 15) is 4.79 Å². The number of carbonyl (C=O) groups excluding carboxylic acids is 1. The Morgan fingerprint density at radius 3 is 2.58 bits per heavy atom. The van der Waals surface area contributed by atoms with Crippen LogP contribution in [0.5, 0.6) is 0 Å². The first-order valence-electron chi connectivity index (χ1n) is 6.75. The van der Waals surface area contributed by atoms with Gasteiger partial charge in [-0.05, 0) is 49.5 Å². The predicted molar refractivity (Wildman–Crippen MR) is 73.0 cm³/mol. The molecular weight excluding hydrogens is 242 g/mol. The fourth-order valence-corrected chi connectivity index (χ4v) is 2.25. The topological polar surface area (TPSA) is 47.6 Å². The van der Waals surface area contributed by atoms with Gasteiger partial charge in [0.1, 0.15) is 0 Å². The average molecular weight is 263 g/mol. The fraction of sp³-hybridized carbons (Fsp3) is 0.533. The van der Waals surface area contributed by atoms with E-state index in [1.165, 1.54) is 20.0 Å². The number of esters is 1. The van der Waals surface area contributed by atoms with E-state index >= 15 is 0 Å². The SMILES string of the molecule is COC(=O)c1ccc(COCC2CCNCC2)cc1. The Morgan fingerprint density at radius 2 is 1.95 bits per heavy atom. The summed E-state index contributed by atoms with van der Waals surface area (Å²) in [4.78, 5) is 11.3. The first-order valence-corrected chi connectivity index (χ1v) is 6.75. The lowest BCUT2D eigenvalue weighted by Gasteiger charge is -2.22. The zero-order valence-electron chi connectivity index (χ0n) is 11.4.